The fraction of sp³-hybridized carbons (Fsp3) is 0. The topological polar surface area (TPSA) is 120 Å². The number of halogens is 1. The number of hydrogen-bond acceptors (Lipinski definition) is 7. The summed E-state index contributed by atoms with van der Waals surface area (Å²) in [4.78, 5) is 16.0. The minimum atomic E-state index is -1.52. The molecule has 11 heteroatoms. The van der Waals surface area contributed by atoms with Crippen LogP contribution in [0.2, 0.25) is 0 Å². The van der Waals surface area contributed by atoms with Crippen molar-refractivity contribution in [3.8, 4) is 55.6 Å². The molecule has 0 amide bonds. The van der Waals surface area contributed by atoms with Gasteiger partial charge < -0.3 is 20.1 Å². The van der Waals surface area contributed by atoms with E-state index < -0.39 is 14.2 Å². The van der Waals surface area contributed by atoms with Crippen LogP contribution >= 0.6 is 15.9 Å². The molecule has 494 valence electrons. The Morgan fingerprint density at radius 2 is 0.375 bits per heavy atom. The molecule has 0 saturated heterocycles. The molecule has 20 rings (SSSR count). The van der Waals surface area contributed by atoms with E-state index in [0.29, 0.717) is 10.9 Å². The van der Waals surface area contributed by atoms with Crippen LogP contribution in [0.15, 0.2) is 344 Å². The van der Waals surface area contributed by atoms with Crippen LogP contribution in [-0.2, 0) is 20.4 Å². The molecule has 20 aromatic rings. The average molecular weight is 1490 g/mol. The second-order valence-electron chi connectivity index (χ2n) is 26.2. The fourth-order valence-electron chi connectivity index (χ4n) is 15.1. The molecular weight excluding hydrogens is 1430 g/mol. The van der Waals surface area contributed by atoms with Crippen LogP contribution in [0.3, 0.4) is 0 Å². The van der Waals surface area contributed by atoms with Crippen molar-refractivity contribution in [3.05, 3.63) is 344 Å². The average Bonchev–Trinajstić information content (AvgIpc) is 0.743. The maximum atomic E-state index is 8.68. The molecule has 0 aliphatic heterocycles. The van der Waals surface area contributed by atoms with Crippen molar-refractivity contribution < 1.29 is 40.5 Å². The van der Waals surface area contributed by atoms with Crippen molar-refractivity contribution >= 4 is 171 Å². The van der Waals surface area contributed by atoms with E-state index in [9.17, 15) is 0 Å². The van der Waals surface area contributed by atoms with E-state index in [1.807, 2.05) is 0 Å². The van der Waals surface area contributed by atoms with Crippen molar-refractivity contribution in [2.75, 3.05) is 0 Å². The van der Waals surface area contributed by atoms with Crippen molar-refractivity contribution in [2.45, 2.75) is 0 Å². The molecule has 0 radical (unpaired) electrons. The quantitative estimate of drug-likeness (QED) is 0.0713. The van der Waals surface area contributed by atoms with Crippen molar-refractivity contribution in [1.82, 2.24) is 15.0 Å². The molecule has 104 heavy (non-hydrogen) atoms. The van der Waals surface area contributed by atoms with Gasteiger partial charge >= 0.3 is 14.2 Å². The molecule has 0 fully saturated rings. The number of aromatic nitrogens is 3. The Balaban J connectivity index is 0.000000156. The van der Waals surface area contributed by atoms with Crippen molar-refractivity contribution in [1.29, 1.82) is 0 Å². The first-order valence-corrected chi connectivity index (χ1v) is 35.2. The van der Waals surface area contributed by atoms with Gasteiger partial charge in [-0.2, -0.15) is 0 Å². The van der Waals surface area contributed by atoms with Crippen LogP contribution in [0.5, 0.6) is 0 Å². The molecule has 0 aliphatic carbocycles. The zero-order valence-corrected chi connectivity index (χ0v) is 59.0. The van der Waals surface area contributed by atoms with Gasteiger partial charge in [0.15, 0.2) is 0 Å². The van der Waals surface area contributed by atoms with E-state index in [1.54, 1.807) is 0 Å². The van der Waals surface area contributed by atoms with Gasteiger partial charge in [0.05, 0.1) is 33.1 Å². The van der Waals surface area contributed by atoms with Gasteiger partial charge in [0, 0.05) is 106 Å². The Hall–Kier alpha value is -11.6. The van der Waals surface area contributed by atoms with Gasteiger partial charge in [0.2, 0.25) is 0 Å². The van der Waals surface area contributed by atoms with Crippen LogP contribution in [-0.4, -0.2) is 49.3 Å². The van der Waals surface area contributed by atoms with Crippen molar-refractivity contribution in [3.63, 3.8) is 0 Å². The number of rotatable bonds is 7. The molecular formula is C93H60B2BrN3O4Pd. The van der Waals surface area contributed by atoms with Gasteiger partial charge in [-0.25, -0.2) is 15.0 Å². The van der Waals surface area contributed by atoms with E-state index >= 15 is 0 Å². The molecule has 0 aliphatic rings. The maximum Gasteiger partial charge on any atom is 0.488 e. The Labute approximate surface area is 621 Å². The first-order chi connectivity index (χ1) is 50.6. The van der Waals surface area contributed by atoms with Gasteiger partial charge in [0.25, 0.3) is 0 Å². The summed E-state index contributed by atoms with van der Waals surface area (Å²) in [5.74, 6) is 0. The molecule has 4 N–H and O–H groups in total. The predicted molar refractivity (Wildman–Crippen MR) is 437 cm³/mol. The third-order valence-electron chi connectivity index (χ3n) is 20.3. The Morgan fingerprint density at radius 1 is 0.192 bits per heavy atom. The number of nitrogens with zero attached hydrogens (tertiary/aromatic N) is 3. The van der Waals surface area contributed by atoms with Gasteiger partial charge in [-0.1, -0.05) is 344 Å². The largest absolute Gasteiger partial charge is 0.488 e. The van der Waals surface area contributed by atoms with E-state index in [2.05, 4.69) is 331 Å². The van der Waals surface area contributed by atoms with E-state index in [4.69, 9.17) is 35.0 Å². The SMILES string of the molecule is Brc1ccc(-c2c3ccc4ccccc4c3nc3c2ccc2ccccc23)cc1.OB(O)c1ccc(B(O)O)cc1.[Pd].c1ccc2c(c1)ccc1c(-c3ccc(-c4ccc(-c5ccc(-c6c7ccc8ccccc8c7nc7c6ccc6ccccc67)cc5)cc4)cc3)c3ccc4ccccc4c3nc12. The van der Waals surface area contributed by atoms with Crippen LogP contribution in [0.4, 0.5) is 0 Å². The third-order valence-corrected chi connectivity index (χ3v) is 20.8. The summed E-state index contributed by atoms with van der Waals surface area (Å²) in [6.07, 6.45) is 0. The summed E-state index contributed by atoms with van der Waals surface area (Å²) >= 11 is 3.57. The molecule has 0 atom stereocenters. The van der Waals surface area contributed by atoms with Crippen LogP contribution in [0, 0.1) is 0 Å². The normalized spacial score (nSPS) is 11.4. The smallest absolute Gasteiger partial charge is 0.423 e. The van der Waals surface area contributed by atoms with E-state index in [-0.39, 0.29) is 20.4 Å². The summed E-state index contributed by atoms with van der Waals surface area (Å²) in [7, 11) is -3.04. The fourth-order valence-corrected chi connectivity index (χ4v) is 15.4. The van der Waals surface area contributed by atoms with Gasteiger partial charge in [-0.05, 0) is 94.3 Å². The van der Waals surface area contributed by atoms with E-state index in [1.165, 1.54) is 177 Å². The molecule has 3 heterocycles. The molecule has 0 spiro atoms. The van der Waals surface area contributed by atoms with Crippen LogP contribution in [0.1, 0.15) is 0 Å². The van der Waals surface area contributed by atoms with Gasteiger partial charge in [0.1, 0.15) is 0 Å². The van der Waals surface area contributed by atoms with Crippen LogP contribution in [0.25, 0.3) is 186 Å². The minimum absolute atomic E-state index is 0. The Morgan fingerprint density at radius 3 is 0.577 bits per heavy atom. The molecule has 17 aromatic carbocycles. The van der Waals surface area contributed by atoms with Crippen LogP contribution < -0.4 is 10.9 Å². The molecule has 3 aromatic heterocycles. The summed E-state index contributed by atoms with van der Waals surface area (Å²) < 4.78 is 1.08. The zero-order valence-electron chi connectivity index (χ0n) is 55.8. The number of pyridine rings is 3. The number of benzene rings is 17. The zero-order chi connectivity index (χ0) is 69.2. The molecule has 7 nitrogen and oxygen atoms in total. The molecule has 0 saturated carbocycles. The number of fused-ring (bicyclic) bond motifs is 18. The Kier molecular flexibility index (Phi) is 17.5. The van der Waals surface area contributed by atoms with Crippen molar-refractivity contribution in [2.24, 2.45) is 0 Å². The standard InChI is InChI=1S/C60H36N2.C27H16BrN.C6H8B2O4.Pd/c1-5-13-47-41(9-1)29-33-51-55(52-34-30-42-10-2-6-14-48(42)58(52)61-57(47)51)45-25-21-39(22-26-45)37-17-19-38(20-18-37)40-23-27-46(28-24-40)56-53-35-31-43-11-3-7-15-49(43)59(53)62-60-50-16-8-4-12-44(50)32-36-54(56)60;28-20-13-9-19(10-14-20)25-23-15-11-17-5-1-3-7-21(17)26(23)29-27-22-8-4-2-6-18(22)12-16-24(25)27;9-7(10)5-1-2-6(4-3-5)8(11)12;/h1-36H;1-16H;1-4,9-12H;. The third kappa shape index (κ3) is 11.9. The number of hydrogen-bond donors (Lipinski definition) is 4. The summed E-state index contributed by atoms with van der Waals surface area (Å²) in [5.41, 5.74) is 18.9. The Bertz CT molecular complexity index is 6180. The summed E-state index contributed by atoms with van der Waals surface area (Å²) in [6.45, 7) is 0. The van der Waals surface area contributed by atoms with E-state index in [0.717, 1.165) is 37.6 Å². The monoisotopic (exact) mass is 1490 g/mol. The first-order valence-electron chi connectivity index (χ1n) is 34.4. The summed E-state index contributed by atoms with van der Waals surface area (Å²) in [6, 6.07) is 119. The second kappa shape index (κ2) is 27.6. The molecule has 0 unspecified atom stereocenters. The maximum absolute atomic E-state index is 8.68. The predicted octanol–water partition coefficient (Wildman–Crippen LogP) is 21.5. The minimum Gasteiger partial charge on any atom is -0.423 e. The molecule has 0 bridgehead atoms. The van der Waals surface area contributed by atoms with Gasteiger partial charge in [-0.15, -0.1) is 0 Å². The van der Waals surface area contributed by atoms with Gasteiger partial charge in [-0.3, -0.25) is 0 Å². The summed E-state index contributed by atoms with van der Waals surface area (Å²) in [5, 5.41) is 56.1. The first kappa shape index (κ1) is 65.7. The second-order valence-corrected chi connectivity index (χ2v) is 27.1.